The van der Waals surface area contributed by atoms with Crippen molar-refractivity contribution in [3.05, 3.63) is 41.2 Å². The lowest BCUT2D eigenvalue weighted by Gasteiger charge is -2.20. The molecule has 2 saturated heterocycles. The number of carbonyl (C=O) groups is 1. The maximum atomic E-state index is 12.3. The van der Waals surface area contributed by atoms with Crippen LogP contribution >= 0.6 is 11.3 Å². The number of thiazole rings is 1. The molecule has 144 valence electrons. The van der Waals surface area contributed by atoms with Crippen LogP contribution in [-0.4, -0.2) is 48.3 Å². The molecule has 8 heteroatoms. The molecule has 2 amide bonds. The maximum Gasteiger partial charge on any atom is 0.315 e. The second-order valence-corrected chi connectivity index (χ2v) is 7.78. The smallest absolute Gasteiger partial charge is 0.315 e. The highest BCUT2D eigenvalue weighted by molar-refractivity contribution is 7.13. The molecule has 2 N–H and O–H groups in total. The van der Waals surface area contributed by atoms with E-state index in [1.165, 1.54) is 12.8 Å². The Morgan fingerprint density at radius 2 is 2.26 bits per heavy atom. The van der Waals surface area contributed by atoms with Crippen LogP contribution in [0.15, 0.2) is 29.9 Å². The van der Waals surface area contributed by atoms with E-state index in [9.17, 15) is 4.79 Å². The first-order chi connectivity index (χ1) is 13.3. The molecule has 0 radical (unpaired) electrons. The number of ether oxygens (including phenoxy) is 1. The fraction of sp³-hybridized carbons (Fsp3) is 0.526. The fourth-order valence-electron chi connectivity index (χ4n) is 3.60. The van der Waals surface area contributed by atoms with Crippen LogP contribution in [0.4, 0.5) is 9.93 Å². The van der Waals surface area contributed by atoms with E-state index < -0.39 is 0 Å². The predicted octanol–water partition coefficient (Wildman–Crippen LogP) is 2.51. The van der Waals surface area contributed by atoms with Gasteiger partial charge in [0.05, 0.1) is 11.7 Å². The summed E-state index contributed by atoms with van der Waals surface area (Å²) in [5.41, 5.74) is 2.04. The number of nitrogens with zero attached hydrogens (tertiary/aromatic N) is 3. The molecule has 0 bridgehead atoms. The van der Waals surface area contributed by atoms with E-state index >= 15 is 0 Å². The first-order valence-electron chi connectivity index (χ1n) is 9.55. The molecule has 2 aromatic heterocycles. The summed E-state index contributed by atoms with van der Waals surface area (Å²) in [5.74, 6) is 0. The summed E-state index contributed by atoms with van der Waals surface area (Å²) in [6.45, 7) is 3.42. The third-order valence-corrected chi connectivity index (χ3v) is 5.95. The Balaban J connectivity index is 1.23. The summed E-state index contributed by atoms with van der Waals surface area (Å²) in [5, 5.41) is 9.17. The van der Waals surface area contributed by atoms with Crippen molar-refractivity contribution in [1.29, 1.82) is 0 Å². The third kappa shape index (κ3) is 4.56. The van der Waals surface area contributed by atoms with Crippen molar-refractivity contribution in [2.75, 3.05) is 31.1 Å². The second kappa shape index (κ2) is 8.67. The summed E-state index contributed by atoms with van der Waals surface area (Å²) in [4.78, 5) is 23.4. The van der Waals surface area contributed by atoms with E-state index in [0.29, 0.717) is 13.2 Å². The number of hydrogen-bond acceptors (Lipinski definition) is 6. The number of nitrogens with one attached hydrogen (secondary N) is 2. The third-order valence-electron chi connectivity index (χ3n) is 5.00. The monoisotopic (exact) mass is 387 g/mol. The number of pyridine rings is 1. The van der Waals surface area contributed by atoms with Crippen LogP contribution in [0.3, 0.4) is 0 Å². The number of urea groups is 1. The molecule has 2 fully saturated rings. The minimum Gasteiger partial charge on any atom is -0.371 e. The highest BCUT2D eigenvalue weighted by Gasteiger charge is 2.31. The first kappa shape index (κ1) is 18.2. The summed E-state index contributed by atoms with van der Waals surface area (Å²) in [6, 6.07) is 3.68. The van der Waals surface area contributed by atoms with Crippen molar-refractivity contribution in [3.8, 4) is 0 Å². The van der Waals surface area contributed by atoms with E-state index in [1.54, 1.807) is 23.7 Å². The minimum absolute atomic E-state index is 0.0322. The molecule has 2 atom stereocenters. The Morgan fingerprint density at radius 3 is 3.07 bits per heavy atom. The molecule has 7 nitrogen and oxygen atoms in total. The van der Waals surface area contributed by atoms with Crippen molar-refractivity contribution in [2.45, 2.75) is 37.8 Å². The Labute approximate surface area is 163 Å². The van der Waals surface area contributed by atoms with Crippen LogP contribution in [0.2, 0.25) is 0 Å². The molecule has 4 heterocycles. The number of carbonyl (C=O) groups excluding carboxylic acids is 1. The number of aromatic nitrogens is 2. The van der Waals surface area contributed by atoms with Crippen LogP contribution in [0.25, 0.3) is 0 Å². The van der Waals surface area contributed by atoms with Gasteiger partial charge in [0.1, 0.15) is 6.10 Å². The average molecular weight is 388 g/mol. The van der Waals surface area contributed by atoms with Crippen LogP contribution < -0.4 is 15.5 Å². The summed E-state index contributed by atoms with van der Waals surface area (Å²) in [6.07, 6.45) is 7.45. The molecular formula is C19H25N5O2S. The van der Waals surface area contributed by atoms with Crippen molar-refractivity contribution >= 4 is 22.5 Å². The first-order valence-corrected chi connectivity index (χ1v) is 10.4. The lowest BCUT2D eigenvalue weighted by molar-refractivity contribution is 0.0997. The molecule has 4 rings (SSSR count). The Hall–Kier alpha value is -2.19. The molecule has 27 heavy (non-hydrogen) atoms. The molecule has 2 aliphatic heterocycles. The Morgan fingerprint density at radius 1 is 1.37 bits per heavy atom. The van der Waals surface area contributed by atoms with Crippen LogP contribution in [0, 0.1) is 0 Å². The van der Waals surface area contributed by atoms with Gasteiger partial charge in [-0.05, 0) is 25.3 Å². The summed E-state index contributed by atoms with van der Waals surface area (Å²) in [7, 11) is 0. The van der Waals surface area contributed by atoms with Gasteiger partial charge in [0.15, 0.2) is 5.13 Å². The molecule has 0 spiro atoms. The molecule has 0 saturated carbocycles. The van der Waals surface area contributed by atoms with Crippen molar-refractivity contribution in [3.63, 3.8) is 0 Å². The van der Waals surface area contributed by atoms with Gasteiger partial charge in [-0.25, -0.2) is 9.78 Å². The molecule has 2 aromatic rings. The van der Waals surface area contributed by atoms with E-state index in [1.807, 2.05) is 12.1 Å². The molecule has 0 aromatic carbocycles. The Kier molecular flexibility index (Phi) is 5.84. The number of anilines is 1. The second-order valence-electron chi connectivity index (χ2n) is 6.94. The number of hydrogen-bond donors (Lipinski definition) is 2. The van der Waals surface area contributed by atoms with Crippen LogP contribution in [0.1, 0.15) is 36.6 Å². The highest BCUT2D eigenvalue weighted by atomic mass is 32.1. The van der Waals surface area contributed by atoms with Crippen molar-refractivity contribution < 1.29 is 9.53 Å². The van der Waals surface area contributed by atoms with Gasteiger partial charge >= 0.3 is 6.03 Å². The minimum atomic E-state index is -0.158. The average Bonchev–Trinajstić information content (AvgIpc) is 3.44. The zero-order valence-electron chi connectivity index (χ0n) is 15.3. The van der Waals surface area contributed by atoms with Gasteiger partial charge < -0.3 is 20.3 Å². The number of rotatable bonds is 6. The molecule has 2 aliphatic rings. The SMILES string of the molecule is O=C(NCCc1csc(N2CCCC2)n1)N[C@@H]1CCO[C@H]1c1cccnc1. The molecule has 0 aliphatic carbocycles. The summed E-state index contributed by atoms with van der Waals surface area (Å²) < 4.78 is 5.78. The van der Waals surface area contributed by atoms with Crippen LogP contribution in [-0.2, 0) is 11.2 Å². The van der Waals surface area contributed by atoms with Gasteiger partial charge in [-0.2, -0.15) is 0 Å². The fourth-order valence-corrected chi connectivity index (χ4v) is 4.51. The van der Waals surface area contributed by atoms with Crippen molar-refractivity contribution in [2.24, 2.45) is 0 Å². The molecule has 0 unspecified atom stereocenters. The highest BCUT2D eigenvalue weighted by Crippen LogP contribution is 2.28. The van der Waals surface area contributed by atoms with E-state index in [-0.39, 0.29) is 18.2 Å². The lowest BCUT2D eigenvalue weighted by atomic mass is 10.0. The van der Waals surface area contributed by atoms with Gasteiger partial charge in [-0.15, -0.1) is 11.3 Å². The van der Waals surface area contributed by atoms with E-state index in [4.69, 9.17) is 4.74 Å². The van der Waals surface area contributed by atoms with E-state index in [0.717, 1.165) is 42.3 Å². The normalized spacial score (nSPS) is 22.1. The van der Waals surface area contributed by atoms with Gasteiger partial charge in [-0.1, -0.05) is 6.07 Å². The zero-order chi connectivity index (χ0) is 18.5. The van der Waals surface area contributed by atoms with Gasteiger partial charge in [-0.3, -0.25) is 4.98 Å². The van der Waals surface area contributed by atoms with E-state index in [2.05, 4.69) is 30.9 Å². The largest absolute Gasteiger partial charge is 0.371 e. The van der Waals surface area contributed by atoms with Gasteiger partial charge in [0.25, 0.3) is 0 Å². The summed E-state index contributed by atoms with van der Waals surface area (Å²) >= 11 is 1.69. The topological polar surface area (TPSA) is 79.4 Å². The quantitative estimate of drug-likeness (QED) is 0.796. The number of amides is 2. The zero-order valence-corrected chi connectivity index (χ0v) is 16.1. The maximum absolute atomic E-state index is 12.3. The lowest BCUT2D eigenvalue weighted by Crippen LogP contribution is -2.43. The Bertz CT molecular complexity index is 748. The van der Waals surface area contributed by atoms with Crippen LogP contribution in [0.5, 0.6) is 0 Å². The van der Waals surface area contributed by atoms with Crippen molar-refractivity contribution in [1.82, 2.24) is 20.6 Å². The molecular weight excluding hydrogens is 362 g/mol. The van der Waals surface area contributed by atoms with Gasteiger partial charge in [0.2, 0.25) is 0 Å². The van der Waals surface area contributed by atoms with Gasteiger partial charge in [0, 0.05) is 56.0 Å². The predicted molar refractivity (Wildman–Crippen MR) is 105 cm³/mol. The standard InChI is InChI=1S/C19H25N5O2S/c25-18(23-16-6-11-26-17(16)14-4-3-7-20-12-14)21-8-5-15-13-27-19(22-15)24-9-1-2-10-24/h3-4,7,12-13,16-17H,1-2,5-6,8-11H2,(H2,21,23,25)/t16-,17+/m1/s1.